The Kier molecular flexibility index (Phi) is 7.02. The van der Waals surface area contributed by atoms with Crippen LogP contribution in [0.15, 0.2) is 24.3 Å². The van der Waals surface area contributed by atoms with Crippen LogP contribution in [0.4, 0.5) is 0 Å². The average molecular weight is 224 g/mol. The first-order valence-corrected chi connectivity index (χ1v) is 6.02. The minimum Gasteiger partial charge on any atom is -0.391 e. The molecule has 0 bridgehead atoms. The molecule has 0 radical (unpaired) electrons. The fraction of sp³-hybridized carbons (Fsp3) is 0.571. The summed E-state index contributed by atoms with van der Waals surface area (Å²) in [6.07, 6.45) is 0. The van der Waals surface area contributed by atoms with Gasteiger partial charge in [0.25, 0.3) is 0 Å². The molecule has 1 N–H and O–H groups in total. The first-order valence-electron chi connectivity index (χ1n) is 6.02. The Morgan fingerprint density at radius 3 is 2.19 bits per heavy atom. The molecule has 0 aliphatic carbocycles. The summed E-state index contributed by atoms with van der Waals surface area (Å²) >= 11 is 0. The molecule has 0 saturated carbocycles. The third-order valence-corrected chi connectivity index (χ3v) is 2.56. The number of hydrogen-bond donors (Lipinski definition) is 1. The smallest absolute Gasteiger partial charge is 0.104 e. The quantitative estimate of drug-likeness (QED) is 0.779. The number of nitrogens with zero attached hydrogens (tertiary/aromatic N) is 1. The highest BCUT2D eigenvalue weighted by Crippen LogP contribution is 2.12. The van der Waals surface area contributed by atoms with Crippen molar-refractivity contribution in [3.63, 3.8) is 0 Å². The van der Waals surface area contributed by atoms with Crippen molar-refractivity contribution in [1.29, 1.82) is 0 Å². The molecule has 0 unspecified atom stereocenters. The minimum absolute atomic E-state index is 0.249. The molecule has 92 valence electrons. The van der Waals surface area contributed by atoms with Crippen LogP contribution in [-0.4, -0.2) is 36.8 Å². The Hall–Kier alpha value is -0.860. The van der Waals surface area contributed by atoms with Gasteiger partial charge in [0.2, 0.25) is 0 Å². The molecule has 0 saturated heterocycles. The number of likely N-dealkylation sites (N-methyl/N-ethyl adjacent to an activating group) is 1. The van der Waals surface area contributed by atoms with Crippen molar-refractivity contribution in [1.82, 2.24) is 0 Å². The maximum Gasteiger partial charge on any atom is 0.104 e. The summed E-state index contributed by atoms with van der Waals surface area (Å²) < 4.78 is 0.835. The molecule has 0 amide bonds. The van der Waals surface area contributed by atoms with Crippen molar-refractivity contribution in [3.8, 4) is 0 Å². The van der Waals surface area contributed by atoms with Gasteiger partial charge in [0, 0.05) is 5.56 Å². The number of benzene rings is 1. The predicted octanol–water partition coefficient (Wildman–Crippen LogP) is 2.59. The van der Waals surface area contributed by atoms with E-state index in [9.17, 15) is 0 Å². The van der Waals surface area contributed by atoms with Crippen LogP contribution in [0.1, 0.15) is 25.0 Å². The van der Waals surface area contributed by atoms with Crippen LogP contribution in [0, 0.1) is 6.92 Å². The van der Waals surface area contributed by atoms with E-state index in [0.717, 1.165) is 17.6 Å². The van der Waals surface area contributed by atoms with Gasteiger partial charge < -0.3 is 9.59 Å². The zero-order valence-corrected chi connectivity index (χ0v) is 11.3. The topological polar surface area (TPSA) is 20.2 Å². The maximum absolute atomic E-state index is 8.93. The summed E-state index contributed by atoms with van der Waals surface area (Å²) in [6, 6.07) is 8.42. The molecule has 1 aromatic rings. The van der Waals surface area contributed by atoms with Crippen molar-refractivity contribution in [3.05, 3.63) is 35.4 Å². The summed E-state index contributed by atoms with van der Waals surface area (Å²) in [7, 11) is 4.28. The van der Waals surface area contributed by atoms with Crippen molar-refractivity contribution in [2.45, 2.75) is 27.3 Å². The number of hydrogen-bond acceptors (Lipinski definition) is 1. The predicted molar refractivity (Wildman–Crippen MR) is 70.3 cm³/mol. The number of quaternary nitrogens is 1. The summed E-state index contributed by atoms with van der Waals surface area (Å²) in [5, 5.41) is 8.93. The van der Waals surface area contributed by atoms with Crippen LogP contribution in [0.5, 0.6) is 0 Å². The molecule has 0 heterocycles. The molecular formula is C14H26NO+. The average Bonchev–Trinajstić information content (AvgIpc) is 2.24. The molecule has 16 heavy (non-hydrogen) atoms. The Bertz CT molecular complexity index is 295. The third kappa shape index (κ3) is 5.29. The van der Waals surface area contributed by atoms with Gasteiger partial charge in [0.1, 0.15) is 13.1 Å². The van der Waals surface area contributed by atoms with Crippen LogP contribution < -0.4 is 0 Å². The summed E-state index contributed by atoms with van der Waals surface area (Å²) in [4.78, 5) is 0. The van der Waals surface area contributed by atoms with E-state index in [1.54, 1.807) is 0 Å². The molecule has 1 aromatic carbocycles. The van der Waals surface area contributed by atoms with Gasteiger partial charge >= 0.3 is 0 Å². The largest absolute Gasteiger partial charge is 0.391 e. The third-order valence-electron chi connectivity index (χ3n) is 2.56. The molecule has 0 aliphatic heterocycles. The number of aryl methyl sites for hydroxylation is 1. The number of rotatable bonds is 4. The molecule has 0 aliphatic rings. The van der Waals surface area contributed by atoms with Crippen molar-refractivity contribution >= 4 is 0 Å². The van der Waals surface area contributed by atoms with E-state index < -0.39 is 0 Å². The fourth-order valence-electron chi connectivity index (χ4n) is 1.60. The van der Waals surface area contributed by atoms with Gasteiger partial charge in [-0.15, -0.1) is 0 Å². The van der Waals surface area contributed by atoms with Crippen LogP contribution >= 0.6 is 0 Å². The van der Waals surface area contributed by atoms with Gasteiger partial charge in [-0.3, -0.25) is 0 Å². The number of aliphatic hydroxyl groups excluding tert-OH is 1. The lowest BCUT2D eigenvalue weighted by Crippen LogP contribution is -2.41. The lowest BCUT2D eigenvalue weighted by molar-refractivity contribution is -0.903. The molecule has 2 heteroatoms. The summed E-state index contributed by atoms with van der Waals surface area (Å²) in [6.45, 7) is 8.16. The standard InChI is InChI=1S/C12H20NO.C2H6/c1-11-6-4-5-7-12(11)10-13(2,3)8-9-14;1-2/h4-7,14H,8-10H2,1-3H3;1-2H3/q+1;. The van der Waals surface area contributed by atoms with Crippen molar-refractivity contribution in [2.24, 2.45) is 0 Å². The Labute approximate surface area is 100 Å². The molecule has 0 aromatic heterocycles. The molecule has 0 spiro atoms. The normalized spacial score (nSPS) is 10.6. The van der Waals surface area contributed by atoms with E-state index >= 15 is 0 Å². The van der Waals surface area contributed by atoms with Gasteiger partial charge in [-0.05, 0) is 12.5 Å². The van der Waals surface area contributed by atoms with E-state index in [1.165, 1.54) is 11.1 Å². The molecule has 0 fully saturated rings. The van der Waals surface area contributed by atoms with E-state index in [0.29, 0.717) is 0 Å². The monoisotopic (exact) mass is 224 g/mol. The first kappa shape index (κ1) is 15.1. The number of aliphatic hydroxyl groups is 1. The Morgan fingerprint density at radius 1 is 1.12 bits per heavy atom. The second-order valence-corrected chi connectivity index (χ2v) is 4.47. The highest BCUT2D eigenvalue weighted by atomic mass is 16.3. The van der Waals surface area contributed by atoms with Crippen LogP contribution in [0.3, 0.4) is 0 Å². The maximum atomic E-state index is 8.93. The summed E-state index contributed by atoms with van der Waals surface area (Å²) in [5.41, 5.74) is 2.70. The van der Waals surface area contributed by atoms with Crippen LogP contribution in [-0.2, 0) is 6.54 Å². The van der Waals surface area contributed by atoms with Gasteiger partial charge in [0.05, 0.1) is 20.7 Å². The first-order chi connectivity index (χ1) is 7.55. The van der Waals surface area contributed by atoms with Crippen molar-refractivity contribution < 1.29 is 9.59 Å². The lowest BCUT2D eigenvalue weighted by atomic mass is 10.1. The van der Waals surface area contributed by atoms with Gasteiger partial charge in [-0.1, -0.05) is 38.1 Å². The molecular weight excluding hydrogens is 198 g/mol. The van der Waals surface area contributed by atoms with E-state index in [1.807, 2.05) is 13.8 Å². The van der Waals surface area contributed by atoms with E-state index in [-0.39, 0.29) is 6.61 Å². The van der Waals surface area contributed by atoms with Crippen LogP contribution in [0.25, 0.3) is 0 Å². The Balaban J connectivity index is 0.00000106. The highest BCUT2D eigenvalue weighted by molar-refractivity contribution is 5.24. The van der Waals surface area contributed by atoms with Gasteiger partial charge in [0.15, 0.2) is 0 Å². The van der Waals surface area contributed by atoms with Crippen LogP contribution in [0.2, 0.25) is 0 Å². The Morgan fingerprint density at radius 2 is 1.69 bits per heavy atom. The van der Waals surface area contributed by atoms with Gasteiger partial charge in [-0.2, -0.15) is 0 Å². The van der Waals surface area contributed by atoms with E-state index in [4.69, 9.17) is 5.11 Å². The fourth-order valence-corrected chi connectivity index (χ4v) is 1.60. The second-order valence-electron chi connectivity index (χ2n) is 4.47. The SMILES string of the molecule is CC.Cc1ccccc1C[N+](C)(C)CCO. The van der Waals surface area contributed by atoms with Crippen molar-refractivity contribution in [2.75, 3.05) is 27.2 Å². The van der Waals surface area contributed by atoms with Gasteiger partial charge in [-0.25, -0.2) is 0 Å². The minimum atomic E-state index is 0.249. The molecule has 2 nitrogen and oxygen atoms in total. The molecule has 1 rings (SSSR count). The lowest BCUT2D eigenvalue weighted by Gasteiger charge is -2.29. The van der Waals surface area contributed by atoms with E-state index in [2.05, 4.69) is 45.3 Å². The zero-order chi connectivity index (χ0) is 12.6. The summed E-state index contributed by atoms with van der Waals surface area (Å²) in [5.74, 6) is 0. The highest BCUT2D eigenvalue weighted by Gasteiger charge is 2.15. The zero-order valence-electron chi connectivity index (χ0n) is 11.3. The molecule has 0 atom stereocenters. The second kappa shape index (κ2) is 7.42.